The minimum Gasteiger partial charge on any atom is -0.355 e. The summed E-state index contributed by atoms with van der Waals surface area (Å²) < 4.78 is 0. The number of imide groups is 1. The smallest absolute Gasteiger partial charge is 0.261 e. The molecule has 0 saturated heterocycles. The van der Waals surface area contributed by atoms with E-state index in [1.165, 1.54) is 4.90 Å². The average molecular weight is 643 g/mol. The van der Waals surface area contributed by atoms with Gasteiger partial charge in [0.1, 0.15) is 0 Å². The Morgan fingerprint density at radius 3 is 1.77 bits per heavy atom. The van der Waals surface area contributed by atoms with E-state index >= 15 is 0 Å². The second kappa shape index (κ2) is 22.9. The number of carbonyl (C=O) groups is 3. The molecule has 0 unspecified atom stereocenters. The third-order valence-electron chi connectivity index (χ3n) is 6.24. The molecule has 0 aromatic heterocycles. The van der Waals surface area contributed by atoms with E-state index in [1.54, 1.807) is 12.1 Å². The minimum absolute atomic E-state index is 0. The molecule has 0 atom stereocenters. The van der Waals surface area contributed by atoms with Gasteiger partial charge in [-0.1, -0.05) is 24.3 Å². The number of hydrogen-bond donors (Lipinski definition) is 5. The Morgan fingerprint density at radius 1 is 0.675 bits per heavy atom. The van der Waals surface area contributed by atoms with Crippen LogP contribution in [0.2, 0.25) is 0 Å². The Bertz CT molecular complexity index is 980. The molecule has 6 N–H and O–H groups in total. The van der Waals surface area contributed by atoms with Crippen molar-refractivity contribution in [3.63, 3.8) is 0 Å². The van der Waals surface area contributed by atoms with Crippen LogP contribution in [-0.2, 0) is 4.79 Å². The van der Waals surface area contributed by atoms with Crippen molar-refractivity contribution in [2.45, 2.75) is 32.1 Å². The van der Waals surface area contributed by atoms with Crippen LogP contribution in [-0.4, -0.2) is 81.5 Å². The minimum atomic E-state index is -0.273. The van der Waals surface area contributed by atoms with Crippen LogP contribution in [0.5, 0.6) is 0 Å². The number of amides is 3. The lowest BCUT2D eigenvalue weighted by atomic mass is 9.94. The molecule has 0 radical (unpaired) electrons. The van der Waals surface area contributed by atoms with Gasteiger partial charge in [0.15, 0.2) is 0 Å². The largest absolute Gasteiger partial charge is 0.355 e. The summed E-state index contributed by atoms with van der Waals surface area (Å²) in [6, 6.07) is 11.0. The van der Waals surface area contributed by atoms with Crippen molar-refractivity contribution in [2.75, 3.05) is 58.9 Å². The highest BCUT2D eigenvalue weighted by molar-refractivity contribution is 6.25. The zero-order valence-corrected chi connectivity index (χ0v) is 26.0. The van der Waals surface area contributed by atoms with E-state index in [0.717, 1.165) is 75.7 Å². The Hall–Kier alpha value is -1.69. The molecule has 0 aliphatic carbocycles. The predicted molar refractivity (Wildman–Crippen MR) is 172 cm³/mol. The molecule has 1 heterocycles. The summed E-state index contributed by atoms with van der Waals surface area (Å²) in [5.74, 6) is -0.633. The van der Waals surface area contributed by atoms with Gasteiger partial charge in [0.25, 0.3) is 11.8 Å². The summed E-state index contributed by atoms with van der Waals surface area (Å²) in [4.78, 5) is 39.1. The van der Waals surface area contributed by atoms with E-state index in [2.05, 4.69) is 21.3 Å². The summed E-state index contributed by atoms with van der Waals surface area (Å²) in [7, 11) is 0. The number of halogens is 4. The standard InChI is InChI=1S/C27H40N6O3.4ClH/c28-12-5-15-29-13-1-2-14-30-16-6-17-31-20-24(34)32-18-7-19-33-26(35)22-10-3-8-21-9-4-11-23(25(21)22)27(33)36;;;;/h3-4,8-11,29-31H,1-2,5-7,12-20,28H2,(H,32,34);4*1H. The number of nitrogens with one attached hydrogen (secondary N) is 4. The molecule has 0 saturated carbocycles. The van der Waals surface area contributed by atoms with E-state index in [9.17, 15) is 14.4 Å². The van der Waals surface area contributed by atoms with E-state index in [0.29, 0.717) is 24.1 Å². The highest BCUT2D eigenvalue weighted by atomic mass is 35.5. The lowest BCUT2D eigenvalue weighted by Crippen LogP contribution is -2.42. The molecule has 3 amide bonds. The summed E-state index contributed by atoms with van der Waals surface area (Å²) in [5.41, 5.74) is 6.57. The summed E-state index contributed by atoms with van der Waals surface area (Å²) in [6.07, 6.45) is 4.78. The average Bonchev–Trinajstić information content (AvgIpc) is 2.89. The van der Waals surface area contributed by atoms with Crippen molar-refractivity contribution in [1.82, 2.24) is 26.2 Å². The van der Waals surface area contributed by atoms with Gasteiger partial charge in [0.05, 0.1) is 6.54 Å². The third kappa shape index (κ3) is 12.4. The van der Waals surface area contributed by atoms with E-state index in [4.69, 9.17) is 5.73 Å². The first-order valence-electron chi connectivity index (χ1n) is 13.1. The highest BCUT2D eigenvalue weighted by Crippen LogP contribution is 2.29. The topological polar surface area (TPSA) is 129 Å². The maximum absolute atomic E-state index is 12.9. The normalized spacial score (nSPS) is 11.7. The zero-order valence-electron chi connectivity index (χ0n) is 22.7. The predicted octanol–water partition coefficient (Wildman–Crippen LogP) is 2.92. The molecule has 40 heavy (non-hydrogen) atoms. The fourth-order valence-electron chi connectivity index (χ4n) is 4.33. The van der Waals surface area contributed by atoms with E-state index < -0.39 is 0 Å². The molecule has 2 aromatic rings. The van der Waals surface area contributed by atoms with Gasteiger partial charge >= 0.3 is 0 Å². The number of hydrogen-bond acceptors (Lipinski definition) is 7. The quantitative estimate of drug-likeness (QED) is 0.125. The van der Waals surface area contributed by atoms with Crippen LogP contribution in [0.4, 0.5) is 0 Å². The second-order valence-electron chi connectivity index (χ2n) is 9.05. The fourth-order valence-corrected chi connectivity index (χ4v) is 4.33. The number of carbonyl (C=O) groups excluding carboxylic acids is 3. The van der Waals surface area contributed by atoms with Gasteiger partial charge < -0.3 is 27.0 Å². The van der Waals surface area contributed by atoms with Crippen molar-refractivity contribution in [3.8, 4) is 0 Å². The second-order valence-corrected chi connectivity index (χ2v) is 9.05. The maximum Gasteiger partial charge on any atom is 0.261 e. The van der Waals surface area contributed by atoms with Gasteiger partial charge in [0, 0.05) is 29.6 Å². The van der Waals surface area contributed by atoms with Gasteiger partial charge in [-0.3, -0.25) is 19.3 Å². The van der Waals surface area contributed by atoms with E-state index in [1.807, 2.05) is 24.3 Å². The number of benzene rings is 2. The zero-order chi connectivity index (χ0) is 25.6. The molecule has 13 heteroatoms. The first-order chi connectivity index (χ1) is 17.6. The number of unbranched alkanes of at least 4 members (excludes halogenated alkanes) is 1. The van der Waals surface area contributed by atoms with Gasteiger partial charge in [-0.15, -0.1) is 49.6 Å². The van der Waals surface area contributed by atoms with Crippen LogP contribution >= 0.6 is 49.6 Å². The van der Waals surface area contributed by atoms with Crippen LogP contribution in [0.1, 0.15) is 52.8 Å². The molecule has 2 aromatic carbocycles. The fraction of sp³-hybridized carbons (Fsp3) is 0.519. The molecule has 0 fully saturated rings. The van der Waals surface area contributed by atoms with Crippen LogP contribution < -0.4 is 27.0 Å². The number of rotatable bonds is 18. The molecule has 9 nitrogen and oxygen atoms in total. The monoisotopic (exact) mass is 640 g/mol. The Kier molecular flexibility index (Phi) is 23.2. The van der Waals surface area contributed by atoms with Crippen molar-refractivity contribution in [3.05, 3.63) is 47.5 Å². The van der Waals surface area contributed by atoms with Crippen molar-refractivity contribution < 1.29 is 14.4 Å². The van der Waals surface area contributed by atoms with Gasteiger partial charge in [-0.25, -0.2) is 0 Å². The molecule has 228 valence electrons. The summed E-state index contributed by atoms with van der Waals surface area (Å²) >= 11 is 0. The van der Waals surface area contributed by atoms with Crippen LogP contribution in [0.15, 0.2) is 36.4 Å². The molecule has 3 rings (SSSR count). The van der Waals surface area contributed by atoms with Gasteiger partial charge in [-0.2, -0.15) is 0 Å². The van der Waals surface area contributed by atoms with Crippen molar-refractivity contribution >= 4 is 78.1 Å². The van der Waals surface area contributed by atoms with Gasteiger partial charge in [0.2, 0.25) is 5.91 Å². The Balaban J connectivity index is 0. The number of nitrogens with two attached hydrogens (primary N) is 1. The summed E-state index contributed by atoms with van der Waals surface area (Å²) in [5, 5.41) is 14.4. The molecule has 0 bridgehead atoms. The Morgan fingerprint density at radius 2 is 1.20 bits per heavy atom. The van der Waals surface area contributed by atoms with Crippen LogP contribution in [0.3, 0.4) is 0 Å². The lowest BCUT2D eigenvalue weighted by molar-refractivity contribution is -0.120. The van der Waals surface area contributed by atoms with Gasteiger partial charge in [-0.05, 0) is 88.9 Å². The molecule has 0 spiro atoms. The molecular formula is C27H44Cl4N6O3. The molecule has 1 aliphatic rings. The first kappa shape index (κ1) is 40.4. The SMILES string of the molecule is Cl.Cl.Cl.Cl.NCCCNCCCCNCCCNCC(=O)NCCCN1C(=O)c2cccc3cccc(c23)C1=O. The number of nitrogens with zero attached hydrogens (tertiary/aromatic N) is 1. The van der Waals surface area contributed by atoms with Crippen molar-refractivity contribution in [1.29, 1.82) is 0 Å². The first-order valence-corrected chi connectivity index (χ1v) is 13.1. The maximum atomic E-state index is 12.9. The molecule has 1 aliphatic heterocycles. The third-order valence-corrected chi connectivity index (χ3v) is 6.24. The lowest BCUT2D eigenvalue weighted by Gasteiger charge is -2.27. The van der Waals surface area contributed by atoms with Crippen LogP contribution in [0.25, 0.3) is 10.8 Å². The summed E-state index contributed by atoms with van der Waals surface area (Å²) in [6.45, 7) is 6.39. The Labute approximate surface area is 262 Å². The van der Waals surface area contributed by atoms with Crippen molar-refractivity contribution in [2.24, 2.45) is 5.73 Å². The molecular weight excluding hydrogens is 598 g/mol. The van der Waals surface area contributed by atoms with Crippen LogP contribution in [0, 0.1) is 0 Å². The highest BCUT2D eigenvalue weighted by Gasteiger charge is 2.32. The van der Waals surface area contributed by atoms with E-state index in [-0.39, 0.29) is 80.4 Å².